The minimum absolute atomic E-state index is 0.271. The molecule has 0 radical (unpaired) electrons. The van der Waals surface area contributed by atoms with Crippen LogP contribution in [0.3, 0.4) is 0 Å². The molecule has 1 aliphatic carbocycles. The summed E-state index contributed by atoms with van der Waals surface area (Å²) in [5.41, 5.74) is 0. The number of carboxylic acid groups (broad SMARTS) is 1. The van der Waals surface area contributed by atoms with Gasteiger partial charge in [0, 0.05) is 19.0 Å². The fraction of sp³-hybridized carbons (Fsp3) is 0.769. The lowest BCUT2D eigenvalue weighted by Gasteiger charge is -2.21. The normalized spacial score (nSPS) is 29.0. The topological polar surface area (TPSA) is 86.7 Å². The molecule has 0 bridgehead atoms. The van der Waals surface area contributed by atoms with Gasteiger partial charge >= 0.3 is 12.1 Å². The maximum atomic E-state index is 12.3. The maximum Gasteiger partial charge on any atom is 0.406 e. The Morgan fingerprint density at radius 1 is 1.32 bits per heavy atom. The van der Waals surface area contributed by atoms with E-state index in [-0.39, 0.29) is 13.0 Å². The molecular formula is C13H17F3N2O4. The summed E-state index contributed by atoms with van der Waals surface area (Å²) < 4.78 is 37.0. The van der Waals surface area contributed by atoms with Crippen molar-refractivity contribution in [2.24, 2.45) is 11.8 Å². The quantitative estimate of drug-likeness (QED) is 0.800. The lowest BCUT2D eigenvalue weighted by molar-refractivity contribution is -0.157. The van der Waals surface area contributed by atoms with Crippen molar-refractivity contribution in [1.29, 1.82) is 0 Å². The molecule has 9 heteroatoms. The summed E-state index contributed by atoms with van der Waals surface area (Å²) in [7, 11) is 0. The number of carbonyl (C=O) groups excluding carboxylic acids is 2. The summed E-state index contributed by atoms with van der Waals surface area (Å²) in [5, 5.41) is 11.6. The van der Waals surface area contributed by atoms with Crippen molar-refractivity contribution in [2.75, 3.05) is 13.1 Å². The number of alkyl halides is 3. The van der Waals surface area contributed by atoms with Gasteiger partial charge in [0.2, 0.25) is 11.8 Å². The van der Waals surface area contributed by atoms with E-state index in [2.05, 4.69) is 5.32 Å². The Labute approximate surface area is 124 Å². The zero-order valence-corrected chi connectivity index (χ0v) is 11.7. The maximum absolute atomic E-state index is 12.3. The Morgan fingerprint density at radius 2 is 2.00 bits per heavy atom. The van der Waals surface area contributed by atoms with Crippen molar-refractivity contribution < 1.29 is 32.7 Å². The second kappa shape index (κ2) is 6.13. The summed E-state index contributed by atoms with van der Waals surface area (Å²) in [6.07, 6.45) is -3.11. The number of hydrogen-bond donors (Lipinski definition) is 2. The largest absolute Gasteiger partial charge is 0.481 e. The van der Waals surface area contributed by atoms with Gasteiger partial charge in [0.15, 0.2) is 0 Å². The number of hydrogen-bond acceptors (Lipinski definition) is 3. The first kappa shape index (κ1) is 16.6. The van der Waals surface area contributed by atoms with Gasteiger partial charge in [-0.05, 0) is 12.8 Å². The second-order valence-corrected chi connectivity index (χ2v) is 5.78. The number of amides is 2. The van der Waals surface area contributed by atoms with E-state index in [1.807, 2.05) is 0 Å². The molecule has 1 saturated heterocycles. The van der Waals surface area contributed by atoms with E-state index in [1.165, 1.54) is 0 Å². The molecule has 1 aliphatic heterocycles. The van der Waals surface area contributed by atoms with Crippen LogP contribution in [0.2, 0.25) is 0 Å². The van der Waals surface area contributed by atoms with E-state index in [4.69, 9.17) is 5.11 Å². The van der Waals surface area contributed by atoms with E-state index in [0.717, 1.165) is 0 Å². The predicted molar refractivity (Wildman–Crippen MR) is 67.6 cm³/mol. The van der Waals surface area contributed by atoms with Crippen LogP contribution in [0.1, 0.15) is 25.7 Å². The first-order valence-corrected chi connectivity index (χ1v) is 7.05. The molecule has 0 spiro atoms. The van der Waals surface area contributed by atoms with E-state index >= 15 is 0 Å². The van der Waals surface area contributed by atoms with Crippen LogP contribution in [0.25, 0.3) is 0 Å². The number of carbonyl (C=O) groups is 3. The van der Waals surface area contributed by atoms with Crippen molar-refractivity contribution in [3.05, 3.63) is 0 Å². The smallest absolute Gasteiger partial charge is 0.406 e. The Hall–Kier alpha value is -1.80. The van der Waals surface area contributed by atoms with Crippen LogP contribution >= 0.6 is 0 Å². The third-order valence-corrected chi connectivity index (χ3v) is 4.12. The van der Waals surface area contributed by atoms with Crippen LogP contribution in [0.5, 0.6) is 0 Å². The average molecular weight is 322 g/mol. The van der Waals surface area contributed by atoms with Gasteiger partial charge in [-0.25, -0.2) is 0 Å². The first-order chi connectivity index (χ1) is 10.2. The van der Waals surface area contributed by atoms with Crippen LogP contribution in [-0.2, 0) is 14.4 Å². The number of halogens is 3. The van der Waals surface area contributed by atoms with Gasteiger partial charge in [0.05, 0.1) is 11.8 Å². The molecule has 3 atom stereocenters. The Bertz CT molecular complexity index is 480. The van der Waals surface area contributed by atoms with Crippen LogP contribution in [0.15, 0.2) is 0 Å². The number of nitrogens with zero attached hydrogens (tertiary/aromatic N) is 1. The van der Waals surface area contributed by atoms with Gasteiger partial charge in [0.25, 0.3) is 0 Å². The van der Waals surface area contributed by atoms with Gasteiger partial charge in [0.1, 0.15) is 6.54 Å². The van der Waals surface area contributed by atoms with Gasteiger partial charge in [-0.15, -0.1) is 0 Å². The molecule has 6 nitrogen and oxygen atoms in total. The number of carboxylic acids is 1. The highest BCUT2D eigenvalue weighted by atomic mass is 19.4. The second-order valence-electron chi connectivity index (χ2n) is 5.78. The molecule has 2 N–H and O–H groups in total. The van der Waals surface area contributed by atoms with E-state index in [1.54, 1.807) is 0 Å². The molecule has 124 valence electrons. The molecule has 2 fully saturated rings. The number of likely N-dealkylation sites (tertiary alicyclic amines) is 1. The SMILES string of the molecule is O=C(N[C@H]1CCC[C@H]1C(=O)O)C1CC(=O)N(CC(F)(F)F)C1. The molecule has 0 aromatic rings. The highest BCUT2D eigenvalue weighted by Gasteiger charge is 2.42. The van der Waals surface area contributed by atoms with E-state index in [9.17, 15) is 27.6 Å². The lowest BCUT2D eigenvalue weighted by Crippen LogP contribution is -2.44. The number of rotatable bonds is 4. The number of aliphatic carboxylic acids is 1. The fourth-order valence-electron chi connectivity index (χ4n) is 3.05. The molecule has 1 unspecified atom stereocenters. The minimum Gasteiger partial charge on any atom is -0.481 e. The van der Waals surface area contributed by atoms with Crippen molar-refractivity contribution >= 4 is 17.8 Å². The van der Waals surface area contributed by atoms with Gasteiger partial charge < -0.3 is 15.3 Å². The average Bonchev–Trinajstić information content (AvgIpc) is 2.95. The number of nitrogens with one attached hydrogen (secondary N) is 1. The van der Waals surface area contributed by atoms with Crippen molar-refractivity contribution in [2.45, 2.75) is 37.9 Å². The molecule has 0 aromatic heterocycles. The van der Waals surface area contributed by atoms with Crippen LogP contribution in [0.4, 0.5) is 13.2 Å². The fourth-order valence-corrected chi connectivity index (χ4v) is 3.05. The van der Waals surface area contributed by atoms with Gasteiger partial charge in [-0.2, -0.15) is 13.2 Å². The van der Waals surface area contributed by atoms with Gasteiger partial charge in [-0.1, -0.05) is 6.42 Å². The summed E-state index contributed by atoms with van der Waals surface area (Å²) in [6.45, 7) is -1.65. The van der Waals surface area contributed by atoms with E-state index < -0.39 is 48.4 Å². The molecule has 1 heterocycles. The molecule has 2 amide bonds. The molecule has 2 aliphatic rings. The Kier molecular flexibility index (Phi) is 4.62. The zero-order chi connectivity index (χ0) is 16.5. The lowest BCUT2D eigenvalue weighted by atomic mass is 10.0. The molecule has 1 saturated carbocycles. The first-order valence-electron chi connectivity index (χ1n) is 7.05. The van der Waals surface area contributed by atoms with Crippen LogP contribution in [0, 0.1) is 11.8 Å². The van der Waals surface area contributed by atoms with Crippen LogP contribution in [-0.4, -0.2) is 53.1 Å². The highest BCUT2D eigenvalue weighted by molar-refractivity contribution is 5.89. The standard InChI is InChI=1S/C13H17F3N2O4/c14-13(15,16)6-18-5-7(4-10(18)19)11(20)17-9-3-1-2-8(9)12(21)22/h7-9H,1-6H2,(H,17,20)(H,21,22)/t7?,8-,9+/m1/s1. The Morgan fingerprint density at radius 3 is 2.59 bits per heavy atom. The van der Waals surface area contributed by atoms with Crippen molar-refractivity contribution in [3.8, 4) is 0 Å². The highest BCUT2D eigenvalue weighted by Crippen LogP contribution is 2.28. The summed E-state index contributed by atoms with van der Waals surface area (Å²) in [6, 6.07) is -0.517. The minimum atomic E-state index is -4.50. The van der Waals surface area contributed by atoms with Crippen molar-refractivity contribution in [1.82, 2.24) is 10.2 Å². The Balaban J connectivity index is 1.91. The van der Waals surface area contributed by atoms with Crippen molar-refractivity contribution in [3.63, 3.8) is 0 Å². The zero-order valence-electron chi connectivity index (χ0n) is 11.7. The predicted octanol–water partition coefficient (Wildman–Crippen LogP) is 0.767. The molecule has 22 heavy (non-hydrogen) atoms. The van der Waals surface area contributed by atoms with Crippen LogP contribution < -0.4 is 5.32 Å². The summed E-state index contributed by atoms with van der Waals surface area (Å²) in [4.78, 5) is 35.2. The van der Waals surface area contributed by atoms with Gasteiger partial charge in [-0.3, -0.25) is 14.4 Å². The summed E-state index contributed by atoms with van der Waals surface area (Å²) >= 11 is 0. The molecule has 2 rings (SSSR count). The van der Waals surface area contributed by atoms with E-state index in [0.29, 0.717) is 24.2 Å². The molecular weight excluding hydrogens is 305 g/mol. The third kappa shape index (κ3) is 3.89. The third-order valence-electron chi connectivity index (χ3n) is 4.12. The summed E-state index contributed by atoms with van der Waals surface area (Å²) in [5.74, 6) is -3.78. The molecule has 0 aromatic carbocycles. The monoisotopic (exact) mass is 322 g/mol.